The van der Waals surface area contributed by atoms with Gasteiger partial charge in [0, 0.05) is 0 Å². The zero-order valence-corrected chi connectivity index (χ0v) is 16.1. The van der Waals surface area contributed by atoms with Gasteiger partial charge in [0.25, 0.3) is 0 Å². The Morgan fingerprint density at radius 1 is 0.867 bits per heavy atom. The molecule has 2 nitrogen and oxygen atoms in total. The van der Waals surface area contributed by atoms with Crippen molar-refractivity contribution in [3.63, 3.8) is 0 Å². The van der Waals surface area contributed by atoms with Gasteiger partial charge in [0.1, 0.15) is 0 Å². The van der Waals surface area contributed by atoms with Gasteiger partial charge in [-0.25, -0.2) is 0 Å². The molecule has 0 saturated heterocycles. The quantitative estimate of drug-likeness (QED) is 0.673. The van der Waals surface area contributed by atoms with Crippen LogP contribution in [0.25, 0.3) is 0 Å². The zero-order chi connectivity index (χ0) is 11.0. The fraction of sp³-hybridized carbons (Fsp3) is 1.00. The van der Waals surface area contributed by atoms with E-state index in [0.29, 0.717) is 21.8 Å². The molecule has 0 aromatic carbocycles. The first kappa shape index (κ1) is 13.5. The van der Waals surface area contributed by atoms with Gasteiger partial charge in [-0.3, -0.25) is 0 Å². The third-order valence-electron chi connectivity index (χ3n) is 1.47. The van der Waals surface area contributed by atoms with E-state index in [1.54, 1.807) is 0 Å². The Bertz CT molecular complexity index is 409. The van der Waals surface area contributed by atoms with Crippen LogP contribution in [0.2, 0.25) is 0 Å². The molecule has 0 amide bonds. The molecule has 0 spiro atoms. The maximum atomic E-state index is 3.80. The Labute approximate surface area is 107 Å². The molecule has 0 saturated carbocycles. The van der Waals surface area contributed by atoms with Gasteiger partial charge in [-0.1, -0.05) is 0 Å². The van der Waals surface area contributed by atoms with Crippen molar-refractivity contribution in [2.75, 3.05) is 10.2 Å². The van der Waals surface area contributed by atoms with Crippen LogP contribution in [0.3, 0.4) is 0 Å². The van der Waals surface area contributed by atoms with E-state index in [9.17, 15) is 0 Å². The van der Waals surface area contributed by atoms with E-state index >= 15 is 0 Å². The van der Waals surface area contributed by atoms with E-state index in [1.807, 2.05) is 0 Å². The van der Waals surface area contributed by atoms with Crippen LogP contribution in [-0.4, -0.2) is 25.7 Å². The first-order chi connectivity index (χ1) is 7.06. The third kappa shape index (κ3) is 3.52. The number of nitrogens with one attached hydrogen (secondary N) is 2. The Morgan fingerprint density at radius 3 is 1.53 bits per heavy atom. The second kappa shape index (κ2) is 5.81. The molecule has 2 aromatic heterocycles. The maximum absolute atomic E-state index is 3.80. The molecule has 0 aliphatic rings. The van der Waals surface area contributed by atoms with Crippen molar-refractivity contribution < 1.29 is 0 Å². The Morgan fingerprint density at radius 2 is 1.27 bits per heavy atom. The molecule has 2 heterocycles. The summed E-state index contributed by atoms with van der Waals surface area (Å²) >= 11 is 1.00. The topological polar surface area (TPSA) is 24.1 Å². The van der Waals surface area contributed by atoms with Crippen LogP contribution in [0.15, 0.2) is 0 Å². The predicted octanol–water partition coefficient (Wildman–Crippen LogP) is 5.59. The van der Waals surface area contributed by atoms with Gasteiger partial charge in [0.2, 0.25) is 0 Å². The molecule has 2 N–H and O–H groups in total. The van der Waals surface area contributed by atoms with Crippen LogP contribution in [-0.2, 0) is 0 Å². The van der Waals surface area contributed by atoms with E-state index in [0.717, 1.165) is 13.6 Å². The molecule has 2 bridgehead atoms. The van der Waals surface area contributed by atoms with Gasteiger partial charge < -0.3 is 0 Å². The molecule has 2 rings (SSSR count). The summed E-state index contributed by atoms with van der Waals surface area (Å²) in [5.41, 5.74) is 0. The number of hydrogen-bond donors (Lipinski definition) is 2. The van der Waals surface area contributed by atoms with E-state index in [2.05, 4.69) is 59.0 Å². The fourth-order valence-electron chi connectivity index (χ4n) is 0.997. The minimum absolute atomic E-state index is 0.177. The molecular formula is C6H16N2P4S2Se. The molecule has 0 aliphatic carbocycles. The predicted molar refractivity (Wildman–Crippen MR) is 85.0 cm³/mol. The zero-order valence-electron chi connectivity index (χ0n) is 9.17. The van der Waals surface area contributed by atoms with Crippen LogP contribution < -0.4 is 10.2 Å². The van der Waals surface area contributed by atoms with Crippen molar-refractivity contribution in [2.45, 2.75) is 39.8 Å². The van der Waals surface area contributed by atoms with E-state index in [-0.39, 0.29) is 13.1 Å². The molecule has 0 aliphatic heterocycles. The Kier molecular flexibility index (Phi) is 5.24. The van der Waals surface area contributed by atoms with Gasteiger partial charge in [-0.2, -0.15) is 0 Å². The molecule has 88 valence electrons. The Balaban J connectivity index is 2.21. The van der Waals surface area contributed by atoms with Crippen molar-refractivity contribution in [2.24, 2.45) is 0 Å². The number of fused-ring (bicyclic) bond motifs is 2. The number of hydrogen-bond acceptors (Lipinski definition) is 4. The van der Waals surface area contributed by atoms with Crippen molar-refractivity contribution in [1.82, 2.24) is 0 Å². The van der Waals surface area contributed by atoms with Crippen LogP contribution in [0.5, 0.6) is 0 Å². The number of rotatable bonds is 4. The summed E-state index contributed by atoms with van der Waals surface area (Å²) in [6.45, 7) is 9.49. The second-order valence-electron chi connectivity index (χ2n) is 3.83. The average Bonchev–Trinajstić information content (AvgIpc) is 2.60. The van der Waals surface area contributed by atoms with Crippen LogP contribution in [0.1, 0.15) is 27.7 Å². The van der Waals surface area contributed by atoms with Gasteiger partial charge in [-0.05, 0) is 0 Å². The van der Waals surface area contributed by atoms with Crippen molar-refractivity contribution >= 4 is 57.5 Å². The molecule has 4 unspecified atom stereocenters. The second-order valence-corrected chi connectivity index (χ2v) is 38.2. The summed E-state index contributed by atoms with van der Waals surface area (Å²) in [6, 6.07) is 1.37. The van der Waals surface area contributed by atoms with E-state index in [1.165, 1.54) is 0 Å². The summed E-state index contributed by atoms with van der Waals surface area (Å²) in [7, 11) is 4.72. The first-order valence-electron chi connectivity index (χ1n) is 4.83. The molecule has 9 heteroatoms. The SMILES string of the molecule is CC(C)Np1sp2[se]p1sp2NC(C)C. The van der Waals surface area contributed by atoms with Gasteiger partial charge in [0.15, 0.2) is 0 Å². The monoisotopic (exact) mass is 384 g/mol. The van der Waals surface area contributed by atoms with Crippen molar-refractivity contribution in [3.8, 4) is 0 Å². The minimum atomic E-state index is 0.177. The summed E-state index contributed by atoms with van der Waals surface area (Å²) in [5.74, 6) is 0. The fourth-order valence-corrected chi connectivity index (χ4v) is 122. The van der Waals surface area contributed by atoms with Gasteiger partial charge >= 0.3 is 107 Å². The molecular weight excluding hydrogens is 367 g/mol. The summed E-state index contributed by atoms with van der Waals surface area (Å²) in [6.07, 6.45) is 0. The molecule has 4 atom stereocenters. The van der Waals surface area contributed by atoms with Crippen molar-refractivity contribution in [3.05, 3.63) is 0 Å². The normalized spacial score (nSPS) is 17.2. The summed E-state index contributed by atoms with van der Waals surface area (Å²) in [5, 5.41) is 7.59. The molecule has 2 aromatic rings. The van der Waals surface area contributed by atoms with E-state index < -0.39 is 0 Å². The van der Waals surface area contributed by atoms with E-state index in [4.69, 9.17) is 0 Å². The summed E-state index contributed by atoms with van der Waals surface area (Å²) < 4.78 is 0. The Hall–Kier alpha value is 2.08. The average molecular weight is 383 g/mol. The molecule has 0 fully saturated rings. The third-order valence-corrected chi connectivity index (χ3v) is 67.3. The van der Waals surface area contributed by atoms with Gasteiger partial charge in [0.05, 0.1) is 0 Å². The summed E-state index contributed by atoms with van der Waals surface area (Å²) in [4.78, 5) is 0.713. The molecule has 0 radical (unpaired) electrons. The van der Waals surface area contributed by atoms with Crippen molar-refractivity contribution in [1.29, 1.82) is 0 Å². The van der Waals surface area contributed by atoms with Crippen LogP contribution >= 0.6 is 43.9 Å². The first-order valence-corrected chi connectivity index (χ1v) is 20.1. The van der Waals surface area contributed by atoms with Gasteiger partial charge in [-0.15, -0.1) is 0 Å². The van der Waals surface area contributed by atoms with Crippen LogP contribution in [0, 0.1) is 0 Å². The molecule has 15 heavy (non-hydrogen) atoms. The van der Waals surface area contributed by atoms with Crippen LogP contribution in [0.4, 0.5) is 0 Å². The standard InChI is InChI=1S/C6H16N2P4S2Se/c1-5(2)7-9-11-14-10(8-6(3)4)12(13-9)15-11/h5-8H,1-4H3.